The molecule has 0 saturated heterocycles. The van der Waals surface area contributed by atoms with Crippen LogP contribution in [0.4, 0.5) is 13.2 Å². The van der Waals surface area contributed by atoms with Crippen molar-refractivity contribution in [3.05, 3.63) is 29.1 Å². The van der Waals surface area contributed by atoms with E-state index >= 15 is 0 Å². The maximum Gasteiger partial charge on any atom is 0.379 e. The van der Waals surface area contributed by atoms with Crippen molar-refractivity contribution in [3.8, 4) is 11.8 Å². The Kier molecular flexibility index (Phi) is 4.57. The van der Waals surface area contributed by atoms with Crippen LogP contribution in [0.2, 0.25) is 0 Å². The summed E-state index contributed by atoms with van der Waals surface area (Å²) in [5.41, 5.74) is 4.15. The first kappa shape index (κ1) is 15.8. The predicted octanol–water partition coefficient (Wildman–Crippen LogP) is 1.60. The number of rotatable bonds is 4. The molecule has 0 amide bonds. The quantitative estimate of drug-likeness (QED) is 0.820. The fraction of sp³-hybridized carbons (Fsp3) is 0.333. The first-order chi connectivity index (χ1) is 9.25. The molecule has 1 aromatic carbocycles. The molecule has 20 heavy (non-hydrogen) atoms. The fourth-order valence-electron chi connectivity index (χ4n) is 1.47. The summed E-state index contributed by atoms with van der Waals surface area (Å²) in [6.07, 6.45) is 0. The number of phenols is 1. The number of hydrogen-bond acceptors (Lipinski definition) is 5. The van der Waals surface area contributed by atoms with Gasteiger partial charge in [-0.25, -0.2) is 9.18 Å². The zero-order valence-corrected chi connectivity index (χ0v) is 10.4. The Labute approximate surface area is 112 Å². The average molecular weight is 288 g/mol. The molecule has 0 aliphatic heterocycles. The molecule has 0 radical (unpaired) electrons. The van der Waals surface area contributed by atoms with Gasteiger partial charge in [-0.05, 0) is 19.1 Å². The minimum atomic E-state index is -4.17. The van der Waals surface area contributed by atoms with Gasteiger partial charge in [0.25, 0.3) is 0 Å². The van der Waals surface area contributed by atoms with E-state index in [1.807, 2.05) is 0 Å². The second kappa shape index (κ2) is 5.79. The number of benzene rings is 1. The number of carbonyl (C=O) groups is 1. The number of aromatic hydroxyl groups is 1. The van der Waals surface area contributed by atoms with Crippen molar-refractivity contribution in [1.29, 1.82) is 5.26 Å². The minimum absolute atomic E-state index is 0.292. The summed E-state index contributed by atoms with van der Waals surface area (Å²) in [6.45, 7) is 1.03. The maximum atomic E-state index is 13.7. The number of hydrogen-bond donors (Lipinski definition) is 2. The van der Waals surface area contributed by atoms with Crippen LogP contribution < -0.4 is 5.73 Å². The van der Waals surface area contributed by atoms with Crippen LogP contribution in [0.25, 0.3) is 0 Å². The van der Waals surface area contributed by atoms with Crippen LogP contribution in [-0.2, 0) is 9.53 Å². The Hall–Kier alpha value is -2.27. The van der Waals surface area contributed by atoms with Crippen molar-refractivity contribution in [2.24, 2.45) is 5.73 Å². The molecule has 108 valence electrons. The molecule has 8 heteroatoms. The first-order valence-corrected chi connectivity index (χ1v) is 5.48. The van der Waals surface area contributed by atoms with Gasteiger partial charge in [-0.3, -0.25) is 0 Å². The molecular formula is C12H11F3N2O3. The fourth-order valence-corrected chi connectivity index (χ4v) is 1.47. The van der Waals surface area contributed by atoms with E-state index in [2.05, 4.69) is 4.74 Å². The van der Waals surface area contributed by atoms with Gasteiger partial charge in [-0.2, -0.15) is 14.0 Å². The number of carbonyl (C=O) groups excluding carboxylic acids is 1. The summed E-state index contributed by atoms with van der Waals surface area (Å²) in [5, 5.41) is 18.1. The highest BCUT2D eigenvalue weighted by Crippen LogP contribution is 2.36. The molecule has 3 N–H and O–H groups in total. The highest BCUT2D eigenvalue weighted by molar-refractivity contribution is 5.79. The Bertz CT molecular complexity index is 570. The minimum Gasteiger partial charge on any atom is -0.505 e. The summed E-state index contributed by atoms with van der Waals surface area (Å²) in [4.78, 5) is 11.1. The summed E-state index contributed by atoms with van der Waals surface area (Å²) in [7, 11) is 0. The summed E-state index contributed by atoms with van der Waals surface area (Å²) >= 11 is 0. The standard InChI is InChI=1S/C12H11F3N2O3/c1-2-20-11(19)12(14,15)10(17)7-3-6(5-16)4-8(13)9(7)18/h3-4,10,18H,2,17H2,1H3/t10-/m1/s1. The number of alkyl halides is 2. The number of halogens is 3. The Morgan fingerprint density at radius 2 is 2.20 bits per heavy atom. The smallest absolute Gasteiger partial charge is 0.379 e. The van der Waals surface area contributed by atoms with E-state index in [0.717, 1.165) is 6.07 Å². The molecule has 0 heterocycles. The van der Waals surface area contributed by atoms with E-state index in [0.29, 0.717) is 6.07 Å². The molecule has 0 bridgehead atoms. The topological polar surface area (TPSA) is 96.3 Å². The SMILES string of the molecule is CCOC(=O)C(F)(F)[C@H](N)c1cc(C#N)cc(F)c1O. The van der Waals surface area contributed by atoms with Crippen molar-refractivity contribution < 1.29 is 27.8 Å². The van der Waals surface area contributed by atoms with Crippen LogP contribution >= 0.6 is 0 Å². The highest BCUT2D eigenvalue weighted by atomic mass is 19.3. The maximum absolute atomic E-state index is 13.7. The van der Waals surface area contributed by atoms with E-state index in [-0.39, 0.29) is 12.2 Å². The molecule has 0 aromatic heterocycles. The number of esters is 1. The molecule has 0 saturated carbocycles. The van der Waals surface area contributed by atoms with Crippen molar-refractivity contribution in [1.82, 2.24) is 0 Å². The van der Waals surface area contributed by atoms with Gasteiger partial charge in [-0.1, -0.05) is 0 Å². The van der Waals surface area contributed by atoms with E-state index in [4.69, 9.17) is 11.0 Å². The third-order valence-corrected chi connectivity index (χ3v) is 2.50. The number of phenolic OH excluding ortho intramolecular Hbond substituents is 1. The van der Waals surface area contributed by atoms with E-state index in [1.165, 1.54) is 13.0 Å². The number of ether oxygens (including phenoxy) is 1. The zero-order chi connectivity index (χ0) is 15.5. The van der Waals surface area contributed by atoms with Gasteiger partial charge in [0.1, 0.15) is 6.04 Å². The average Bonchev–Trinajstić information content (AvgIpc) is 2.41. The first-order valence-electron chi connectivity index (χ1n) is 5.48. The van der Waals surface area contributed by atoms with Crippen molar-refractivity contribution in [2.75, 3.05) is 6.61 Å². The highest BCUT2D eigenvalue weighted by Gasteiger charge is 2.49. The van der Waals surface area contributed by atoms with Crippen LogP contribution in [0, 0.1) is 17.1 Å². The lowest BCUT2D eigenvalue weighted by Gasteiger charge is -2.22. The van der Waals surface area contributed by atoms with Gasteiger partial charge in [0.15, 0.2) is 11.6 Å². The van der Waals surface area contributed by atoms with Gasteiger partial charge >= 0.3 is 11.9 Å². The Morgan fingerprint density at radius 3 is 2.70 bits per heavy atom. The molecule has 1 aromatic rings. The molecule has 0 fully saturated rings. The monoisotopic (exact) mass is 288 g/mol. The number of nitriles is 1. The summed E-state index contributed by atoms with van der Waals surface area (Å²) in [5.74, 6) is -8.49. The predicted molar refractivity (Wildman–Crippen MR) is 61.3 cm³/mol. The normalized spacial score (nSPS) is 12.6. The van der Waals surface area contributed by atoms with Gasteiger partial charge in [0.05, 0.1) is 18.2 Å². The van der Waals surface area contributed by atoms with Crippen molar-refractivity contribution in [3.63, 3.8) is 0 Å². The van der Waals surface area contributed by atoms with E-state index in [9.17, 15) is 23.1 Å². The van der Waals surface area contributed by atoms with Crippen molar-refractivity contribution >= 4 is 5.97 Å². The molecule has 1 rings (SSSR count). The van der Waals surface area contributed by atoms with Gasteiger partial charge in [-0.15, -0.1) is 0 Å². The second-order valence-electron chi connectivity index (χ2n) is 3.83. The van der Waals surface area contributed by atoms with Gasteiger partial charge < -0.3 is 15.6 Å². The van der Waals surface area contributed by atoms with Crippen molar-refractivity contribution in [2.45, 2.75) is 18.9 Å². The number of nitrogens with two attached hydrogens (primary N) is 1. The van der Waals surface area contributed by atoms with Crippen LogP contribution in [-0.4, -0.2) is 23.6 Å². The molecule has 0 unspecified atom stereocenters. The lowest BCUT2D eigenvalue weighted by atomic mass is 9.98. The largest absolute Gasteiger partial charge is 0.505 e. The molecule has 0 aliphatic carbocycles. The lowest BCUT2D eigenvalue weighted by molar-refractivity contribution is -0.174. The third-order valence-electron chi connectivity index (χ3n) is 2.50. The Balaban J connectivity index is 3.27. The molecule has 0 aliphatic rings. The van der Waals surface area contributed by atoms with Crippen LogP contribution in [0.1, 0.15) is 24.1 Å². The van der Waals surface area contributed by atoms with Crippen LogP contribution in [0.15, 0.2) is 12.1 Å². The summed E-state index contributed by atoms with van der Waals surface area (Å²) in [6, 6.07) is 0.634. The zero-order valence-electron chi connectivity index (χ0n) is 10.4. The van der Waals surface area contributed by atoms with Gasteiger partial charge in [0.2, 0.25) is 0 Å². The molecule has 1 atom stereocenters. The molecular weight excluding hydrogens is 277 g/mol. The van der Waals surface area contributed by atoms with Gasteiger partial charge in [0, 0.05) is 5.56 Å². The summed E-state index contributed by atoms with van der Waals surface area (Å²) < 4.78 is 44.9. The van der Waals surface area contributed by atoms with Crippen LogP contribution in [0.5, 0.6) is 5.75 Å². The Morgan fingerprint density at radius 1 is 1.60 bits per heavy atom. The molecule has 5 nitrogen and oxygen atoms in total. The second-order valence-corrected chi connectivity index (χ2v) is 3.83. The third kappa shape index (κ3) is 2.83. The van der Waals surface area contributed by atoms with E-state index < -0.39 is 35.1 Å². The van der Waals surface area contributed by atoms with Crippen LogP contribution in [0.3, 0.4) is 0 Å². The lowest BCUT2D eigenvalue weighted by Crippen LogP contribution is -2.41. The molecule has 0 spiro atoms. The number of nitrogens with zero attached hydrogens (tertiary/aromatic N) is 1. The van der Waals surface area contributed by atoms with E-state index in [1.54, 1.807) is 0 Å².